The van der Waals surface area contributed by atoms with Gasteiger partial charge in [0.2, 0.25) is 5.78 Å². The highest BCUT2D eigenvalue weighted by atomic mass is 79.9. The van der Waals surface area contributed by atoms with E-state index >= 15 is 4.39 Å². The number of nitrogens with two attached hydrogens (primary N) is 1. The number of pyridine rings is 1. The van der Waals surface area contributed by atoms with Gasteiger partial charge in [0, 0.05) is 41.0 Å². The number of esters is 1. The lowest BCUT2D eigenvalue weighted by Crippen LogP contribution is -2.37. The van der Waals surface area contributed by atoms with E-state index in [-0.39, 0.29) is 35.8 Å². The minimum Gasteiger partial charge on any atom is -0.464 e. The standard InChI is InChI=1S/C27H32BrFN4O7/c1-4-19(34)15-6-7-17(29)22(16-11-18(16)32-27(38)33-21-8-5-14(28)12-31-21)24(15)40-25(36)20(35)9-10-39-26(37)23(30)13(2)3/h5-8,12-13,16,18,23,25,36H,4,9-11,30H2,1-3H3,(H2,31,32,33,38)/t16?,18?,23-,25?/m0/s1. The normalized spacial score (nSPS) is 17.5. The number of aliphatic hydroxyl groups excluding tert-OH is 1. The van der Waals surface area contributed by atoms with E-state index in [1.54, 1.807) is 32.9 Å². The zero-order valence-corrected chi connectivity index (χ0v) is 23.9. The van der Waals surface area contributed by atoms with E-state index in [2.05, 4.69) is 31.5 Å². The molecular weight excluding hydrogens is 591 g/mol. The highest BCUT2D eigenvalue weighted by molar-refractivity contribution is 9.10. The number of ether oxygens (including phenoxy) is 2. The average molecular weight is 623 g/mol. The van der Waals surface area contributed by atoms with Crippen LogP contribution in [0.25, 0.3) is 0 Å². The molecular formula is C27H32BrFN4O7. The maximum atomic E-state index is 15.1. The number of anilines is 1. The molecule has 13 heteroatoms. The smallest absolute Gasteiger partial charge is 0.323 e. The molecule has 0 aliphatic heterocycles. The largest absolute Gasteiger partial charge is 0.464 e. The molecule has 4 atom stereocenters. The van der Waals surface area contributed by atoms with Gasteiger partial charge in [0.25, 0.3) is 6.29 Å². The third-order valence-corrected chi connectivity index (χ3v) is 6.77. The number of halogens is 2. The van der Waals surface area contributed by atoms with Crippen LogP contribution in [0.15, 0.2) is 34.9 Å². The fourth-order valence-electron chi connectivity index (χ4n) is 3.82. The summed E-state index contributed by atoms with van der Waals surface area (Å²) in [7, 11) is 0. The number of urea groups is 1. The summed E-state index contributed by atoms with van der Waals surface area (Å²) in [6, 6.07) is 3.71. The van der Waals surface area contributed by atoms with Gasteiger partial charge in [0.05, 0.1) is 12.2 Å². The fourth-order valence-corrected chi connectivity index (χ4v) is 4.06. The van der Waals surface area contributed by atoms with Gasteiger partial charge in [-0.15, -0.1) is 0 Å². The number of nitrogens with one attached hydrogen (secondary N) is 2. The van der Waals surface area contributed by atoms with Gasteiger partial charge in [-0.25, -0.2) is 14.2 Å². The van der Waals surface area contributed by atoms with Crippen LogP contribution in [0.4, 0.5) is 15.0 Å². The number of hydrogen-bond acceptors (Lipinski definition) is 9. The SMILES string of the molecule is CCC(=O)c1ccc(F)c(C2CC2NC(=O)Nc2ccc(Br)cn2)c1OC(O)C(=O)CCOC(=O)[C@@H](N)C(C)C. The van der Waals surface area contributed by atoms with Crippen LogP contribution in [-0.2, 0) is 14.3 Å². The van der Waals surface area contributed by atoms with Crippen LogP contribution in [0.2, 0.25) is 0 Å². The molecule has 2 amide bonds. The Labute approximate surface area is 239 Å². The Balaban J connectivity index is 1.71. The second-order valence-corrected chi connectivity index (χ2v) is 10.6. The summed E-state index contributed by atoms with van der Waals surface area (Å²) in [5, 5.41) is 15.8. The first-order valence-electron chi connectivity index (χ1n) is 12.8. The second kappa shape index (κ2) is 13.8. The second-order valence-electron chi connectivity index (χ2n) is 9.65. The lowest BCUT2D eigenvalue weighted by atomic mass is 9.99. The molecule has 1 aromatic carbocycles. The average Bonchev–Trinajstić information content (AvgIpc) is 3.66. The molecule has 3 unspecified atom stereocenters. The van der Waals surface area contributed by atoms with Crippen LogP contribution in [0.1, 0.15) is 61.9 Å². The van der Waals surface area contributed by atoms with Crippen molar-refractivity contribution in [3.8, 4) is 5.75 Å². The summed E-state index contributed by atoms with van der Waals surface area (Å²) in [6.07, 6.45) is -0.543. The molecule has 0 radical (unpaired) electrons. The van der Waals surface area contributed by atoms with Gasteiger partial charge >= 0.3 is 12.0 Å². The minimum absolute atomic E-state index is 0.00533. The summed E-state index contributed by atoms with van der Waals surface area (Å²) in [5.41, 5.74) is 5.67. The Kier molecular flexibility index (Phi) is 10.7. The zero-order chi connectivity index (χ0) is 29.6. The van der Waals surface area contributed by atoms with Crippen molar-refractivity contribution in [1.29, 1.82) is 0 Å². The topological polar surface area (TPSA) is 170 Å². The number of benzene rings is 1. The molecule has 0 saturated heterocycles. The van der Waals surface area contributed by atoms with Crippen LogP contribution in [-0.4, -0.2) is 58.6 Å². The van der Waals surface area contributed by atoms with Crippen molar-refractivity contribution in [2.24, 2.45) is 11.7 Å². The number of carbonyl (C=O) groups is 4. The van der Waals surface area contributed by atoms with Crippen molar-refractivity contribution in [1.82, 2.24) is 10.3 Å². The van der Waals surface area contributed by atoms with Crippen molar-refractivity contribution in [2.75, 3.05) is 11.9 Å². The summed E-state index contributed by atoms with van der Waals surface area (Å²) < 4.78 is 26.3. The molecule has 2 aromatic rings. The van der Waals surface area contributed by atoms with Crippen LogP contribution in [0, 0.1) is 11.7 Å². The molecule has 1 fully saturated rings. The maximum Gasteiger partial charge on any atom is 0.323 e. The molecule has 5 N–H and O–H groups in total. The van der Waals surface area contributed by atoms with E-state index in [1.165, 1.54) is 12.3 Å². The molecule has 0 spiro atoms. The van der Waals surface area contributed by atoms with E-state index in [1.807, 2.05) is 0 Å². The lowest BCUT2D eigenvalue weighted by molar-refractivity contribution is -0.149. The van der Waals surface area contributed by atoms with Gasteiger partial charge in [-0.1, -0.05) is 20.8 Å². The molecule has 1 saturated carbocycles. The predicted molar refractivity (Wildman–Crippen MR) is 146 cm³/mol. The summed E-state index contributed by atoms with van der Waals surface area (Å²) in [4.78, 5) is 53.5. The van der Waals surface area contributed by atoms with Crippen LogP contribution < -0.4 is 21.1 Å². The summed E-state index contributed by atoms with van der Waals surface area (Å²) in [5.74, 6) is -3.35. The van der Waals surface area contributed by atoms with E-state index in [0.29, 0.717) is 12.2 Å². The molecule has 1 aromatic heterocycles. The molecule has 3 rings (SSSR count). The number of aliphatic hydroxyl groups is 1. The van der Waals surface area contributed by atoms with Crippen molar-refractivity contribution in [3.05, 3.63) is 51.9 Å². The first kappa shape index (κ1) is 31.1. The Morgan fingerprint density at radius 1 is 1.23 bits per heavy atom. The molecule has 1 aliphatic carbocycles. The highest BCUT2D eigenvalue weighted by Crippen LogP contribution is 2.47. The number of rotatable bonds is 13. The van der Waals surface area contributed by atoms with E-state index in [0.717, 1.165) is 10.5 Å². The Bertz CT molecular complexity index is 1260. The quantitative estimate of drug-likeness (QED) is 0.148. The summed E-state index contributed by atoms with van der Waals surface area (Å²) >= 11 is 3.26. The number of aromatic nitrogens is 1. The van der Waals surface area contributed by atoms with E-state index in [4.69, 9.17) is 15.2 Å². The first-order chi connectivity index (χ1) is 18.9. The Hall–Kier alpha value is -3.42. The molecule has 1 heterocycles. The number of nitrogens with zero attached hydrogens (tertiary/aromatic N) is 1. The third-order valence-electron chi connectivity index (χ3n) is 6.30. The van der Waals surface area contributed by atoms with Crippen LogP contribution in [0.5, 0.6) is 5.75 Å². The van der Waals surface area contributed by atoms with E-state index < -0.39 is 60.1 Å². The van der Waals surface area contributed by atoms with Gasteiger partial charge in [-0.2, -0.15) is 0 Å². The molecule has 216 valence electrons. The third kappa shape index (κ3) is 8.05. The maximum absolute atomic E-state index is 15.1. The highest BCUT2D eigenvalue weighted by Gasteiger charge is 2.44. The Morgan fingerprint density at radius 2 is 1.95 bits per heavy atom. The Morgan fingerprint density at radius 3 is 2.58 bits per heavy atom. The molecule has 0 bridgehead atoms. The number of ketones is 2. The first-order valence-corrected chi connectivity index (χ1v) is 13.6. The van der Waals surface area contributed by atoms with Crippen molar-refractivity contribution in [3.63, 3.8) is 0 Å². The fraction of sp³-hybridized carbons (Fsp3) is 0.444. The number of Topliss-reactive ketones (excluding diaryl/α,β-unsaturated/α-hetero) is 2. The van der Waals surface area contributed by atoms with Crippen LogP contribution in [0.3, 0.4) is 0 Å². The van der Waals surface area contributed by atoms with Crippen molar-refractivity contribution in [2.45, 2.75) is 64.3 Å². The van der Waals surface area contributed by atoms with E-state index in [9.17, 15) is 24.3 Å². The molecule has 40 heavy (non-hydrogen) atoms. The predicted octanol–water partition coefficient (Wildman–Crippen LogP) is 3.44. The van der Waals surface area contributed by atoms with Gasteiger partial charge in [-0.3, -0.25) is 19.7 Å². The molecule has 1 aliphatic rings. The molecule has 11 nitrogen and oxygen atoms in total. The van der Waals surface area contributed by atoms with Gasteiger partial charge in [0.1, 0.15) is 23.4 Å². The van der Waals surface area contributed by atoms with Gasteiger partial charge < -0.3 is 25.6 Å². The van der Waals surface area contributed by atoms with Crippen LogP contribution >= 0.6 is 15.9 Å². The van der Waals surface area contributed by atoms with Gasteiger partial charge in [0.15, 0.2) is 5.78 Å². The lowest BCUT2D eigenvalue weighted by Gasteiger charge is -2.20. The number of amides is 2. The monoisotopic (exact) mass is 622 g/mol. The van der Waals surface area contributed by atoms with Gasteiger partial charge in [-0.05, 0) is 52.5 Å². The summed E-state index contributed by atoms with van der Waals surface area (Å²) in [6.45, 7) is 4.75. The van der Waals surface area contributed by atoms with Crippen molar-refractivity contribution < 1.29 is 38.1 Å². The minimum atomic E-state index is -2.06. The zero-order valence-electron chi connectivity index (χ0n) is 22.3. The number of carbonyl (C=O) groups excluding carboxylic acids is 4. The number of hydrogen-bond donors (Lipinski definition) is 4. The van der Waals surface area contributed by atoms with Crippen molar-refractivity contribution >= 4 is 45.3 Å².